The monoisotopic (exact) mass is 467 g/mol. The molecule has 0 bridgehead atoms. The number of halogens is 2. The molecule has 1 aliphatic rings. The van der Waals surface area contributed by atoms with Gasteiger partial charge in [0.15, 0.2) is 0 Å². The van der Waals surface area contributed by atoms with Gasteiger partial charge in [0.1, 0.15) is 0 Å². The summed E-state index contributed by atoms with van der Waals surface area (Å²) in [5, 5.41) is 3.74. The Labute approximate surface area is 144 Å². The van der Waals surface area contributed by atoms with Gasteiger partial charge in [0.05, 0.1) is 6.67 Å². The Morgan fingerprint density at radius 2 is 2.26 bits per heavy atom. The molecule has 3 rings (SSSR count). The molecule has 19 heavy (non-hydrogen) atoms. The number of hydrogen-bond acceptors (Lipinski definition) is 3. The molecule has 1 unspecified atom stereocenters. The Morgan fingerprint density at radius 3 is 3.05 bits per heavy atom. The summed E-state index contributed by atoms with van der Waals surface area (Å²) in [7, 11) is 0. The van der Waals surface area contributed by atoms with E-state index in [1.807, 2.05) is 22.7 Å². The summed E-state index contributed by atoms with van der Waals surface area (Å²) in [5.74, 6) is 0. The highest BCUT2D eigenvalue weighted by molar-refractivity contribution is 14.1. The minimum Gasteiger partial charge on any atom is -0.310 e. The zero-order chi connectivity index (χ0) is 13.2. The molecular formula is C14H15BrINS2. The van der Waals surface area contributed by atoms with Crippen LogP contribution in [0.1, 0.15) is 34.2 Å². The number of aryl methyl sites for hydroxylation is 1. The van der Waals surface area contributed by atoms with E-state index in [-0.39, 0.29) is 0 Å². The lowest BCUT2D eigenvalue weighted by molar-refractivity contribution is 0.467. The van der Waals surface area contributed by atoms with E-state index in [1.165, 1.54) is 30.8 Å². The fourth-order valence-electron chi connectivity index (χ4n) is 2.59. The predicted molar refractivity (Wildman–Crippen MR) is 96.4 cm³/mol. The molecule has 1 aliphatic carbocycles. The lowest BCUT2D eigenvalue weighted by atomic mass is 9.94. The number of hydrogen-bond donors (Lipinski definition) is 1. The van der Waals surface area contributed by atoms with Crippen molar-refractivity contribution in [3.8, 4) is 0 Å². The zero-order valence-electron chi connectivity index (χ0n) is 10.4. The molecule has 2 aromatic rings. The van der Waals surface area contributed by atoms with Gasteiger partial charge in [0.2, 0.25) is 0 Å². The van der Waals surface area contributed by atoms with Crippen LogP contribution in [0.3, 0.4) is 0 Å². The van der Waals surface area contributed by atoms with Crippen molar-refractivity contribution in [3.63, 3.8) is 0 Å². The quantitative estimate of drug-likeness (QED) is 0.594. The maximum Gasteiger partial charge on any atom is 0.0701 e. The van der Waals surface area contributed by atoms with Crippen LogP contribution < -0.4 is 5.32 Å². The van der Waals surface area contributed by atoms with Crippen molar-refractivity contribution in [3.05, 3.63) is 40.2 Å². The number of fused-ring (bicyclic) bond motifs is 1. The minimum atomic E-state index is 0.576. The van der Waals surface area contributed by atoms with Crippen molar-refractivity contribution < 1.29 is 0 Å². The average molecular weight is 468 g/mol. The van der Waals surface area contributed by atoms with E-state index in [0.29, 0.717) is 6.04 Å². The van der Waals surface area contributed by atoms with E-state index in [1.54, 1.807) is 10.4 Å². The normalized spacial score (nSPS) is 18.5. The van der Waals surface area contributed by atoms with Crippen molar-refractivity contribution >= 4 is 61.2 Å². The fraction of sp³-hybridized carbons (Fsp3) is 0.429. The number of nitrogens with one attached hydrogen (secondary N) is 1. The van der Waals surface area contributed by atoms with Crippen molar-refractivity contribution in [2.45, 2.75) is 31.7 Å². The molecule has 2 heterocycles. The molecule has 1 nitrogen and oxygen atoms in total. The first-order valence-corrected chi connectivity index (χ1v) is 9.98. The van der Waals surface area contributed by atoms with Gasteiger partial charge in [0, 0.05) is 22.3 Å². The van der Waals surface area contributed by atoms with Gasteiger partial charge < -0.3 is 5.32 Å². The van der Waals surface area contributed by atoms with Crippen molar-refractivity contribution in [2.75, 3.05) is 6.54 Å². The molecule has 0 saturated heterocycles. The van der Waals surface area contributed by atoms with Gasteiger partial charge in [-0.15, -0.1) is 22.7 Å². The molecule has 0 fully saturated rings. The van der Waals surface area contributed by atoms with Crippen molar-refractivity contribution in [1.82, 2.24) is 5.32 Å². The molecule has 2 aromatic heterocycles. The summed E-state index contributed by atoms with van der Waals surface area (Å²) in [6, 6.07) is 7.31. The summed E-state index contributed by atoms with van der Waals surface area (Å²) in [6.45, 7) is 1.07. The largest absolute Gasteiger partial charge is 0.310 e. The standard InChI is InChI=1S/C14H15BrINS2/c15-13-5-4-9(18-13)6-7-17-11-2-1-3-12-10(11)8-14(16)19-12/h4-5,8,11,17H,1-3,6-7H2. The molecule has 0 spiro atoms. The topological polar surface area (TPSA) is 12.0 Å². The van der Waals surface area contributed by atoms with Crippen LogP contribution >= 0.6 is 61.2 Å². The molecule has 0 saturated carbocycles. The maximum absolute atomic E-state index is 3.74. The third-order valence-electron chi connectivity index (χ3n) is 3.47. The van der Waals surface area contributed by atoms with Crippen LogP contribution in [-0.4, -0.2) is 6.54 Å². The van der Waals surface area contributed by atoms with Crippen LogP contribution in [0.25, 0.3) is 0 Å². The summed E-state index contributed by atoms with van der Waals surface area (Å²) < 4.78 is 2.66. The van der Waals surface area contributed by atoms with Crippen LogP contribution in [0.15, 0.2) is 22.0 Å². The van der Waals surface area contributed by atoms with E-state index in [4.69, 9.17) is 0 Å². The summed E-state index contributed by atoms with van der Waals surface area (Å²) >= 11 is 9.78. The van der Waals surface area contributed by atoms with E-state index < -0.39 is 0 Å². The van der Waals surface area contributed by atoms with Crippen LogP contribution in [0.4, 0.5) is 0 Å². The number of thiophene rings is 2. The Kier molecular flexibility index (Phi) is 5.01. The van der Waals surface area contributed by atoms with Crippen LogP contribution in [0, 0.1) is 2.88 Å². The Hall–Kier alpha value is 0.570. The van der Waals surface area contributed by atoms with E-state index in [2.05, 4.69) is 62.0 Å². The van der Waals surface area contributed by atoms with Crippen LogP contribution in [0.2, 0.25) is 0 Å². The number of rotatable bonds is 4. The molecule has 0 amide bonds. The Bertz CT molecular complexity index is 564. The first-order chi connectivity index (χ1) is 9.22. The first-order valence-electron chi connectivity index (χ1n) is 6.48. The van der Waals surface area contributed by atoms with Crippen LogP contribution in [-0.2, 0) is 12.8 Å². The molecular weight excluding hydrogens is 453 g/mol. The molecule has 0 aliphatic heterocycles. The van der Waals surface area contributed by atoms with Crippen molar-refractivity contribution in [2.24, 2.45) is 0 Å². The van der Waals surface area contributed by atoms with Gasteiger partial charge in [0.25, 0.3) is 0 Å². The average Bonchev–Trinajstić information content (AvgIpc) is 2.95. The van der Waals surface area contributed by atoms with E-state index >= 15 is 0 Å². The van der Waals surface area contributed by atoms with E-state index in [0.717, 1.165) is 13.0 Å². The Morgan fingerprint density at radius 1 is 1.37 bits per heavy atom. The van der Waals surface area contributed by atoms with Gasteiger partial charge >= 0.3 is 0 Å². The van der Waals surface area contributed by atoms with Gasteiger partial charge in [-0.3, -0.25) is 0 Å². The lowest BCUT2D eigenvalue weighted by Gasteiger charge is -2.23. The molecule has 0 radical (unpaired) electrons. The lowest BCUT2D eigenvalue weighted by Crippen LogP contribution is -2.26. The molecule has 5 heteroatoms. The van der Waals surface area contributed by atoms with Gasteiger partial charge in [-0.2, -0.15) is 0 Å². The third-order valence-corrected chi connectivity index (χ3v) is 7.13. The minimum absolute atomic E-state index is 0.576. The predicted octanol–water partition coefficient (Wildman–Crippen LogP) is 5.39. The van der Waals surface area contributed by atoms with Crippen molar-refractivity contribution in [1.29, 1.82) is 0 Å². The molecule has 102 valence electrons. The summed E-state index contributed by atoms with van der Waals surface area (Å²) in [5.41, 5.74) is 1.56. The second-order valence-corrected chi connectivity index (χ2v) is 10.4. The SMILES string of the molecule is Brc1ccc(CCNC2CCCc3sc(I)cc32)s1. The maximum atomic E-state index is 3.74. The highest BCUT2D eigenvalue weighted by Gasteiger charge is 2.21. The highest BCUT2D eigenvalue weighted by Crippen LogP contribution is 2.36. The molecule has 0 aromatic carbocycles. The molecule has 1 N–H and O–H groups in total. The zero-order valence-corrected chi connectivity index (χ0v) is 15.8. The van der Waals surface area contributed by atoms with Gasteiger partial charge in [-0.05, 0) is 88.0 Å². The van der Waals surface area contributed by atoms with Gasteiger partial charge in [-0.25, -0.2) is 0 Å². The summed E-state index contributed by atoms with van der Waals surface area (Å²) in [6.07, 6.45) is 5.02. The second kappa shape index (κ2) is 6.56. The van der Waals surface area contributed by atoms with Gasteiger partial charge in [-0.1, -0.05) is 0 Å². The highest BCUT2D eigenvalue weighted by atomic mass is 127. The van der Waals surface area contributed by atoms with Crippen LogP contribution in [0.5, 0.6) is 0 Å². The second-order valence-electron chi connectivity index (χ2n) is 4.78. The Balaban J connectivity index is 1.59. The first kappa shape index (κ1) is 14.5. The fourth-order valence-corrected chi connectivity index (χ4v) is 6.19. The smallest absolute Gasteiger partial charge is 0.0701 e. The summed E-state index contributed by atoms with van der Waals surface area (Å²) in [4.78, 5) is 3.06. The molecule has 1 atom stereocenters. The van der Waals surface area contributed by atoms with E-state index in [9.17, 15) is 0 Å². The third kappa shape index (κ3) is 3.61.